The fourth-order valence-electron chi connectivity index (χ4n) is 2.32. The number of carbonyl (C=O) groups is 1. The van der Waals surface area contributed by atoms with E-state index >= 15 is 0 Å². The molecule has 2 N–H and O–H groups in total. The van der Waals surface area contributed by atoms with Crippen LogP contribution in [0.25, 0.3) is 0 Å². The average Bonchev–Trinajstić information content (AvgIpc) is 2.29. The molecule has 0 aromatic rings. The smallest absolute Gasteiger partial charge is 0.236 e. The molecule has 0 saturated heterocycles. The van der Waals surface area contributed by atoms with Crippen molar-refractivity contribution in [2.75, 3.05) is 33.8 Å². The summed E-state index contributed by atoms with van der Waals surface area (Å²) >= 11 is 0. The number of aliphatic hydroxyl groups is 1. The summed E-state index contributed by atoms with van der Waals surface area (Å²) < 4.78 is 0. The summed E-state index contributed by atoms with van der Waals surface area (Å²) in [6.45, 7) is 1.54. The fourth-order valence-corrected chi connectivity index (χ4v) is 2.32. The third-order valence-corrected chi connectivity index (χ3v) is 3.48. The van der Waals surface area contributed by atoms with Crippen LogP contribution < -0.4 is 5.32 Å². The van der Waals surface area contributed by atoms with Crippen LogP contribution in [-0.2, 0) is 4.79 Å². The van der Waals surface area contributed by atoms with Gasteiger partial charge in [0.1, 0.15) is 0 Å². The standard InChI is InChI=1S/C12H24N2O2/c1-14(2)12(16)8-13-7-10-5-3-4-6-11(10)9-15/h10-11,13,15H,3-9H2,1-2H3. The number of nitrogens with zero attached hydrogens (tertiary/aromatic N) is 1. The number of likely N-dealkylation sites (N-methyl/N-ethyl adjacent to an activating group) is 1. The molecule has 1 amide bonds. The minimum absolute atomic E-state index is 0.108. The van der Waals surface area contributed by atoms with E-state index in [1.807, 2.05) is 0 Å². The second kappa shape index (κ2) is 6.86. The molecular weight excluding hydrogens is 204 g/mol. The van der Waals surface area contributed by atoms with Gasteiger partial charge in [-0.25, -0.2) is 0 Å². The Labute approximate surface area is 98.0 Å². The Morgan fingerprint density at radius 1 is 1.31 bits per heavy atom. The zero-order valence-corrected chi connectivity index (χ0v) is 10.4. The van der Waals surface area contributed by atoms with Crippen molar-refractivity contribution in [2.24, 2.45) is 11.8 Å². The number of hydrogen-bond acceptors (Lipinski definition) is 3. The van der Waals surface area contributed by atoms with Gasteiger partial charge in [-0.05, 0) is 31.2 Å². The van der Waals surface area contributed by atoms with Gasteiger partial charge in [0.2, 0.25) is 5.91 Å². The van der Waals surface area contributed by atoms with Crippen LogP contribution in [0.2, 0.25) is 0 Å². The van der Waals surface area contributed by atoms with E-state index in [0.29, 0.717) is 18.4 Å². The first-order valence-electron chi connectivity index (χ1n) is 6.17. The van der Waals surface area contributed by atoms with Gasteiger partial charge in [0.05, 0.1) is 6.54 Å². The molecule has 0 radical (unpaired) electrons. The SMILES string of the molecule is CN(C)C(=O)CNCC1CCCCC1CO. The minimum Gasteiger partial charge on any atom is -0.396 e. The Kier molecular flexibility index (Phi) is 5.77. The van der Waals surface area contributed by atoms with Crippen molar-refractivity contribution in [3.05, 3.63) is 0 Å². The summed E-state index contributed by atoms with van der Waals surface area (Å²) in [6.07, 6.45) is 4.79. The molecule has 1 aliphatic carbocycles. The molecule has 0 heterocycles. The second-order valence-electron chi connectivity index (χ2n) is 4.91. The summed E-state index contributed by atoms with van der Waals surface area (Å²) in [5.41, 5.74) is 0. The van der Waals surface area contributed by atoms with Crippen LogP contribution in [0.15, 0.2) is 0 Å². The van der Waals surface area contributed by atoms with Crippen molar-refractivity contribution >= 4 is 5.91 Å². The van der Waals surface area contributed by atoms with Crippen molar-refractivity contribution < 1.29 is 9.90 Å². The lowest BCUT2D eigenvalue weighted by Crippen LogP contribution is -2.38. The summed E-state index contributed by atoms with van der Waals surface area (Å²) in [6, 6.07) is 0. The number of amides is 1. The maximum atomic E-state index is 11.3. The Hall–Kier alpha value is -0.610. The van der Waals surface area contributed by atoms with Crippen LogP contribution in [-0.4, -0.2) is 49.7 Å². The molecule has 1 rings (SSSR count). The Balaban J connectivity index is 2.22. The summed E-state index contributed by atoms with van der Waals surface area (Å²) in [7, 11) is 3.53. The largest absolute Gasteiger partial charge is 0.396 e. The zero-order valence-electron chi connectivity index (χ0n) is 10.4. The van der Waals surface area contributed by atoms with Crippen LogP contribution in [0, 0.1) is 11.8 Å². The molecule has 1 fully saturated rings. The molecule has 0 aliphatic heterocycles. The first kappa shape index (κ1) is 13.5. The fraction of sp³-hybridized carbons (Fsp3) is 0.917. The topological polar surface area (TPSA) is 52.6 Å². The molecule has 1 aliphatic rings. The van der Waals surface area contributed by atoms with Crippen LogP contribution in [0.1, 0.15) is 25.7 Å². The quantitative estimate of drug-likeness (QED) is 0.719. The molecule has 2 unspecified atom stereocenters. The van der Waals surface area contributed by atoms with E-state index in [0.717, 1.165) is 13.0 Å². The minimum atomic E-state index is 0.108. The predicted octanol–water partition coefficient (Wildman–Crippen LogP) is 0.463. The van der Waals surface area contributed by atoms with Crippen molar-refractivity contribution in [3.8, 4) is 0 Å². The summed E-state index contributed by atoms with van der Waals surface area (Å²) in [5.74, 6) is 1.07. The van der Waals surface area contributed by atoms with Crippen molar-refractivity contribution in [3.63, 3.8) is 0 Å². The monoisotopic (exact) mass is 228 g/mol. The van der Waals surface area contributed by atoms with Crippen LogP contribution >= 0.6 is 0 Å². The molecule has 4 heteroatoms. The molecule has 1 saturated carbocycles. The van der Waals surface area contributed by atoms with Gasteiger partial charge in [0.15, 0.2) is 0 Å². The lowest BCUT2D eigenvalue weighted by Gasteiger charge is -2.30. The third-order valence-electron chi connectivity index (χ3n) is 3.48. The molecular formula is C12H24N2O2. The Bertz CT molecular complexity index is 219. The van der Waals surface area contributed by atoms with E-state index in [4.69, 9.17) is 0 Å². The molecule has 0 aromatic heterocycles. The normalized spacial score (nSPS) is 25.4. The highest BCUT2D eigenvalue weighted by Crippen LogP contribution is 2.28. The molecule has 4 nitrogen and oxygen atoms in total. The zero-order chi connectivity index (χ0) is 12.0. The maximum absolute atomic E-state index is 11.3. The molecule has 2 atom stereocenters. The third kappa shape index (κ3) is 4.10. The van der Waals surface area contributed by atoms with Crippen LogP contribution in [0.3, 0.4) is 0 Å². The van der Waals surface area contributed by atoms with E-state index in [2.05, 4.69) is 5.32 Å². The highest BCUT2D eigenvalue weighted by Gasteiger charge is 2.24. The van der Waals surface area contributed by atoms with Crippen molar-refractivity contribution in [2.45, 2.75) is 25.7 Å². The van der Waals surface area contributed by atoms with Crippen molar-refractivity contribution in [1.82, 2.24) is 10.2 Å². The van der Waals surface area contributed by atoms with Gasteiger partial charge >= 0.3 is 0 Å². The lowest BCUT2D eigenvalue weighted by molar-refractivity contribution is -0.127. The first-order valence-corrected chi connectivity index (χ1v) is 6.17. The number of aliphatic hydroxyl groups excluding tert-OH is 1. The highest BCUT2D eigenvalue weighted by atomic mass is 16.3. The molecule has 0 spiro atoms. The van der Waals surface area contributed by atoms with Gasteiger partial charge in [-0.1, -0.05) is 12.8 Å². The van der Waals surface area contributed by atoms with E-state index in [-0.39, 0.29) is 12.5 Å². The first-order chi connectivity index (χ1) is 7.65. The molecule has 16 heavy (non-hydrogen) atoms. The summed E-state index contributed by atoms with van der Waals surface area (Å²) in [4.78, 5) is 12.9. The molecule has 0 bridgehead atoms. The number of nitrogens with one attached hydrogen (secondary N) is 1. The Morgan fingerprint density at radius 3 is 2.50 bits per heavy atom. The van der Waals surface area contributed by atoms with E-state index < -0.39 is 0 Å². The van der Waals surface area contributed by atoms with Gasteiger partial charge in [-0.3, -0.25) is 4.79 Å². The molecule has 94 valence electrons. The average molecular weight is 228 g/mol. The van der Waals surface area contributed by atoms with Gasteiger partial charge < -0.3 is 15.3 Å². The van der Waals surface area contributed by atoms with Crippen LogP contribution in [0.5, 0.6) is 0 Å². The van der Waals surface area contributed by atoms with Crippen molar-refractivity contribution in [1.29, 1.82) is 0 Å². The molecule has 0 aromatic carbocycles. The van der Waals surface area contributed by atoms with E-state index in [1.54, 1.807) is 19.0 Å². The van der Waals surface area contributed by atoms with E-state index in [1.165, 1.54) is 19.3 Å². The summed E-state index contributed by atoms with van der Waals surface area (Å²) in [5, 5.41) is 12.5. The van der Waals surface area contributed by atoms with Crippen LogP contribution in [0.4, 0.5) is 0 Å². The predicted molar refractivity (Wildman–Crippen MR) is 64.1 cm³/mol. The number of hydrogen-bond donors (Lipinski definition) is 2. The maximum Gasteiger partial charge on any atom is 0.236 e. The van der Waals surface area contributed by atoms with Gasteiger partial charge in [-0.2, -0.15) is 0 Å². The number of rotatable bonds is 5. The van der Waals surface area contributed by atoms with E-state index in [9.17, 15) is 9.90 Å². The Morgan fingerprint density at radius 2 is 1.94 bits per heavy atom. The lowest BCUT2D eigenvalue weighted by atomic mass is 9.79. The van der Waals surface area contributed by atoms with Gasteiger partial charge in [0.25, 0.3) is 0 Å². The van der Waals surface area contributed by atoms with Gasteiger partial charge in [-0.15, -0.1) is 0 Å². The van der Waals surface area contributed by atoms with Gasteiger partial charge in [0, 0.05) is 20.7 Å². The number of carbonyl (C=O) groups excluding carboxylic acids is 1. The second-order valence-corrected chi connectivity index (χ2v) is 4.91. The highest BCUT2D eigenvalue weighted by molar-refractivity contribution is 5.77.